The van der Waals surface area contributed by atoms with E-state index >= 15 is 0 Å². The fourth-order valence-corrected chi connectivity index (χ4v) is 3.08. The van der Waals surface area contributed by atoms with Crippen LogP contribution in [-0.2, 0) is 22.5 Å². The lowest BCUT2D eigenvalue weighted by Gasteiger charge is -2.13. The van der Waals surface area contributed by atoms with Gasteiger partial charge in [0.15, 0.2) is 18.1 Å². The summed E-state index contributed by atoms with van der Waals surface area (Å²) in [6, 6.07) is 9.40. The summed E-state index contributed by atoms with van der Waals surface area (Å²) in [5.41, 5.74) is 3.71. The largest absolute Gasteiger partial charge is 0.493 e. The van der Waals surface area contributed by atoms with Gasteiger partial charge in [0.05, 0.1) is 25.5 Å². The van der Waals surface area contributed by atoms with Crippen LogP contribution in [-0.4, -0.2) is 32.9 Å². The number of hydrogen-bond acceptors (Lipinski definition) is 5. The number of oxime groups is 1. The van der Waals surface area contributed by atoms with Gasteiger partial charge in [-0.05, 0) is 36.1 Å². The minimum absolute atomic E-state index is 0.196. The molecule has 0 heterocycles. The van der Waals surface area contributed by atoms with Gasteiger partial charge in [-0.3, -0.25) is 4.79 Å². The van der Waals surface area contributed by atoms with Crippen LogP contribution in [0.1, 0.15) is 30.5 Å². The standard InChI is InChI=1S/C21H25ClN2O4/c1-5-15-8-7-9-16(6-2)20(15)24-19(25)13-28-23-12-14-10-17(22)21(27-4)18(11-14)26-3/h7-12H,5-6,13H2,1-4H3,(H,24,25)/b23-12-. The van der Waals surface area contributed by atoms with Gasteiger partial charge in [0.2, 0.25) is 0 Å². The summed E-state index contributed by atoms with van der Waals surface area (Å²) in [6.45, 7) is 3.91. The maximum absolute atomic E-state index is 12.2. The smallest absolute Gasteiger partial charge is 0.265 e. The minimum Gasteiger partial charge on any atom is -0.493 e. The lowest BCUT2D eigenvalue weighted by molar-refractivity contribution is -0.120. The summed E-state index contributed by atoms with van der Waals surface area (Å²) < 4.78 is 10.4. The predicted molar refractivity (Wildman–Crippen MR) is 112 cm³/mol. The average molecular weight is 405 g/mol. The van der Waals surface area contributed by atoms with E-state index in [1.54, 1.807) is 12.1 Å². The van der Waals surface area contributed by atoms with Crippen LogP contribution in [0.3, 0.4) is 0 Å². The molecule has 2 rings (SSSR count). The number of para-hydroxylation sites is 1. The first-order chi connectivity index (χ1) is 13.5. The third-order valence-corrected chi connectivity index (χ3v) is 4.47. The van der Waals surface area contributed by atoms with E-state index in [0.29, 0.717) is 22.1 Å². The van der Waals surface area contributed by atoms with Crippen LogP contribution in [0.25, 0.3) is 0 Å². The Morgan fingerprint density at radius 2 is 1.82 bits per heavy atom. The third-order valence-electron chi connectivity index (χ3n) is 4.19. The second-order valence-electron chi connectivity index (χ2n) is 5.95. The second kappa shape index (κ2) is 10.6. The fraction of sp³-hybridized carbons (Fsp3) is 0.333. The molecule has 0 spiro atoms. The number of rotatable bonds is 9. The van der Waals surface area contributed by atoms with Crippen molar-refractivity contribution in [3.8, 4) is 11.5 Å². The van der Waals surface area contributed by atoms with Crippen LogP contribution in [0.4, 0.5) is 5.69 Å². The number of amides is 1. The summed E-state index contributed by atoms with van der Waals surface area (Å²) in [5, 5.41) is 7.16. The lowest BCUT2D eigenvalue weighted by Crippen LogP contribution is -2.19. The van der Waals surface area contributed by atoms with Crippen molar-refractivity contribution < 1.29 is 19.1 Å². The number of halogens is 1. The summed E-state index contributed by atoms with van der Waals surface area (Å²) in [7, 11) is 3.04. The molecule has 0 unspecified atom stereocenters. The zero-order valence-electron chi connectivity index (χ0n) is 16.5. The first-order valence-electron chi connectivity index (χ1n) is 9.01. The highest BCUT2D eigenvalue weighted by molar-refractivity contribution is 6.32. The highest BCUT2D eigenvalue weighted by atomic mass is 35.5. The monoisotopic (exact) mass is 404 g/mol. The Hall–Kier alpha value is -2.73. The normalized spacial score (nSPS) is 10.8. The Balaban J connectivity index is 1.99. The number of aryl methyl sites for hydroxylation is 2. The molecule has 2 aromatic carbocycles. The van der Waals surface area contributed by atoms with Gasteiger partial charge in [0, 0.05) is 11.3 Å². The number of carbonyl (C=O) groups is 1. The number of methoxy groups -OCH3 is 2. The van der Waals surface area contributed by atoms with Gasteiger partial charge in [0.1, 0.15) is 0 Å². The van der Waals surface area contributed by atoms with Crippen molar-refractivity contribution in [3.63, 3.8) is 0 Å². The molecule has 0 aliphatic heterocycles. The highest BCUT2D eigenvalue weighted by Crippen LogP contribution is 2.35. The Labute approximate surface area is 170 Å². The molecular weight excluding hydrogens is 380 g/mol. The minimum atomic E-state index is -0.266. The van der Waals surface area contributed by atoms with Crippen LogP contribution in [0, 0.1) is 0 Å². The molecule has 0 radical (unpaired) electrons. The highest BCUT2D eigenvalue weighted by Gasteiger charge is 2.11. The molecule has 7 heteroatoms. The Morgan fingerprint density at radius 1 is 1.14 bits per heavy atom. The maximum atomic E-state index is 12.2. The predicted octanol–water partition coefficient (Wildman–Crippen LogP) is 4.47. The van der Waals surface area contributed by atoms with Gasteiger partial charge < -0.3 is 19.6 Å². The van der Waals surface area contributed by atoms with Crippen molar-refractivity contribution in [2.75, 3.05) is 26.1 Å². The van der Waals surface area contributed by atoms with E-state index in [1.807, 2.05) is 18.2 Å². The molecule has 0 fully saturated rings. The van der Waals surface area contributed by atoms with Crippen molar-refractivity contribution in [2.45, 2.75) is 26.7 Å². The van der Waals surface area contributed by atoms with Gasteiger partial charge in [0.25, 0.3) is 5.91 Å². The topological polar surface area (TPSA) is 69.2 Å². The van der Waals surface area contributed by atoms with Crippen LogP contribution in [0.5, 0.6) is 11.5 Å². The number of hydrogen-bond donors (Lipinski definition) is 1. The van der Waals surface area contributed by atoms with Crippen molar-refractivity contribution in [1.82, 2.24) is 0 Å². The first kappa shape index (κ1) is 21.6. The van der Waals surface area contributed by atoms with E-state index in [9.17, 15) is 4.79 Å². The number of nitrogens with zero attached hydrogens (tertiary/aromatic N) is 1. The average Bonchev–Trinajstić information content (AvgIpc) is 2.70. The van der Waals surface area contributed by atoms with Crippen LogP contribution in [0.15, 0.2) is 35.5 Å². The number of ether oxygens (including phenoxy) is 2. The molecule has 6 nitrogen and oxygen atoms in total. The summed E-state index contributed by atoms with van der Waals surface area (Å²) >= 11 is 6.15. The summed E-state index contributed by atoms with van der Waals surface area (Å²) in [5.74, 6) is 0.665. The number of anilines is 1. The quantitative estimate of drug-likeness (QED) is 0.494. The van der Waals surface area contributed by atoms with Crippen LogP contribution >= 0.6 is 11.6 Å². The SMILES string of the molecule is CCc1cccc(CC)c1NC(=O)CO/N=C\c1cc(Cl)c(OC)c(OC)c1. The van der Waals surface area contributed by atoms with E-state index in [4.69, 9.17) is 25.9 Å². The zero-order chi connectivity index (χ0) is 20.5. The van der Waals surface area contributed by atoms with Crippen molar-refractivity contribution in [1.29, 1.82) is 0 Å². The number of carbonyl (C=O) groups excluding carboxylic acids is 1. The number of benzene rings is 2. The molecule has 1 N–H and O–H groups in total. The summed E-state index contributed by atoms with van der Waals surface area (Å²) in [6.07, 6.45) is 3.13. The molecule has 0 aliphatic carbocycles. The number of nitrogens with one attached hydrogen (secondary N) is 1. The van der Waals surface area contributed by atoms with E-state index in [2.05, 4.69) is 24.3 Å². The van der Waals surface area contributed by atoms with E-state index in [0.717, 1.165) is 29.7 Å². The van der Waals surface area contributed by atoms with Gasteiger partial charge in [-0.15, -0.1) is 0 Å². The maximum Gasteiger partial charge on any atom is 0.265 e. The zero-order valence-corrected chi connectivity index (χ0v) is 17.3. The Kier molecular flexibility index (Phi) is 8.14. The van der Waals surface area contributed by atoms with E-state index in [-0.39, 0.29) is 12.5 Å². The molecule has 0 saturated heterocycles. The van der Waals surface area contributed by atoms with Gasteiger partial charge in [-0.25, -0.2) is 0 Å². The Morgan fingerprint density at radius 3 is 2.39 bits per heavy atom. The fourth-order valence-electron chi connectivity index (χ4n) is 2.79. The van der Waals surface area contributed by atoms with Crippen molar-refractivity contribution in [3.05, 3.63) is 52.0 Å². The van der Waals surface area contributed by atoms with Gasteiger partial charge >= 0.3 is 0 Å². The lowest BCUT2D eigenvalue weighted by atomic mass is 10.0. The molecule has 28 heavy (non-hydrogen) atoms. The Bertz CT molecular complexity index is 830. The van der Waals surface area contributed by atoms with Crippen LogP contribution < -0.4 is 14.8 Å². The molecule has 150 valence electrons. The molecule has 2 aromatic rings. The van der Waals surface area contributed by atoms with Gasteiger partial charge in [-0.1, -0.05) is 48.8 Å². The van der Waals surface area contributed by atoms with Crippen LogP contribution in [0.2, 0.25) is 5.02 Å². The second-order valence-corrected chi connectivity index (χ2v) is 6.36. The first-order valence-corrected chi connectivity index (χ1v) is 9.39. The molecule has 0 atom stereocenters. The van der Waals surface area contributed by atoms with Crippen molar-refractivity contribution in [2.24, 2.45) is 5.16 Å². The van der Waals surface area contributed by atoms with Gasteiger partial charge in [-0.2, -0.15) is 0 Å². The van der Waals surface area contributed by atoms with E-state index in [1.165, 1.54) is 20.4 Å². The molecule has 0 saturated carbocycles. The van der Waals surface area contributed by atoms with E-state index < -0.39 is 0 Å². The third kappa shape index (κ3) is 5.39. The molecule has 1 amide bonds. The molecule has 0 aliphatic rings. The molecule has 0 aromatic heterocycles. The van der Waals surface area contributed by atoms with Crippen molar-refractivity contribution >= 4 is 29.4 Å². The summed E-state index contributed by atoms with van der Waals surface area (Å²) in [4.78, 5) is 17.4. The molecular formula is C21H25ClN2O4. The molecule has 0 bridgehead atoms.